The number of aromatic nitrogens is 2. The van der Waals surface area contributed by atoms with Gasteiger partial charge in [0, 0.05) is 18.6 Å². The Hall–Kier alpha value is -1.43. The molecule has 0 unspecified atom stereocenters. The SMILES string of the molecule is CC(C)(C)c1nc(COC(=O)C2CCOCC2)no1. The van der Waals surface area contributed by atoms with Gasteiger partial charge in [0.1, 0.15) is 0 Å². The van der Waals surface area contributed by atoms with Crippen molar-refractivity contribution in [3.05, 3.63) is 11.7 Å². The van der Waals surface area contributed by atoms with E-state index >= 15 is 0 Å². The quantitative estimate of drug-likeness (QED) is 0.779. The predicted octanol–water partition coefficient (Wildman–Crippen LogP) is 1.84. The monoisotopic (exact) mass is 268 g/mol. The van der Waals surface area contributed by atoms with Gasteiger partial charge in [-0.25, -0.2) is 0 Å². The van der Waals surface area contributed by atoms with E-state index < -0.39 is 0 Å². The molecule has 1 aliphatic rings. The molecule has 0 atom stereocenters. The summed E-state index contributed by atoms with van der Waals surface area (Å²) in [7, 11) is 0. The highest BCUT2D eigenvalue weighted by atomic mass is 16.5. The lowest BCUT2D eigenvalue weighted by molar-refractivity contribution is -0.153. The Kier molecular flexibility index (Phi) is 4.19. The molecule has 0 spiro atoms. The molecule has 0 bridgehead atoms. The first kappa shape index (κ1) is 14.0. The molecule has 1 saturated heterocycles. The number of nitrogens with zero attached hydrogens (tertiary/aromatic N) is 2. The van der Waals surface area contributed by atoms with Crippen molar-refractivity contribution in [2.75, 3.05) is 13.2 Å². The first-order valence-corrected chi connectivity index (χ1v) is 6.54. The summed E-state index contributed by atoms with van der Waals surface area (Å²) < 4.78 is 15.6. The van der Waals surface area contributed by atoms with Crippen LogP contribution in [-0.2, 0) is 26.3 Å². The van der Waals surface area contributed by atoms with E-state index in [4.69, 9.17) is 14.0 Å². The molecule has 1 aromatic heterocycles. The summed E-state index contributed by atoms with van der Waals surface area (Å²) in [4.78, 5) is 16.0. The van der Waals surface area contributed by atoms with Crippen LogP contribution in [0.1, 0.15) is 45.3 Å². The van der Waals surface area contributed by atoms with E-state index in [1.807, 2.05) is 20.8 Å². The minimum atomic E-state index is -0.203. The van der Waals surface area contributed by atoms with Gasteiger partial charge in [-0.1, -0.05) is 25.9 Å². The van der Waals surface area contributed by atoms with Crippen LogP contribution in [0, 0.1) is 5.92 Å². The lowest BCUT2D eigenvalue weighted by atomic mass is 9.97. The first-order valence-electron chi connectivity index (χ1n) is 6.54. The number of hydrogen-bond acceptors (Lipinski definition) is 6. The van der Waals surface area contributed by atoms with Gasteiger partial charge in [0.15, 0.2) is 6.61 Å². The van der Waals surface area contributed by atoms with E-state index in [-0.39, 0.29) is 23.9 Å². The van der Waals surface area contributed by atoms with Crippen molar-refractivity contribution in [1.82, 2.24) is 10.1 Å². The summed E-state index contributed by atoms with van der Waals surface area (Å²) in [6, 6.07) is 0. The highest BCUT2D eigenvalue weighted by Crippen LogP contribution is 2.20. The number of hydrogen-bond donors (Lipinski definition) is 0. The van der Waals surface area contributed by atoms with Crippen LogP contribution in [-0.4, -0.2) is 29.3 Å². The molecule has 1 aromatic rings. The van der Waals surface area contributed by atoms with Gasteiger partial charge in [0.25, 0.3) is 0 Å². The Morgan fingerprint density at radius 1 is 1.37 bits per heavy atom. The summed E-state index contributed by atoms with van der Waals surface area (Å²) in [5, 5.41) is 3.81. The lowest BCUT2D eigenvalue weighted by Crippen LogP contribution is -2.25. The van der Waals surface area contributed by atoms with Crippen LogP contribution < -0.4 is 0 Å². The topological polar surface area (TPSA) is 74.5 Å². The molecule has 2 heterocycles. The Labute approximate surface area is 112 Å². The van der Waals surface area contributed by atoms with Crippen LogP contribution in [0.5, 0.6) is 0 Å². The third-order valence-corrected chi connectivity index (χ3v) is 3.01. The van der Waals surface area contributed by atoms with Crippen LogP contribution in [0.2, 0.25) is 0 Å². The molecule has 2 rings (SSSR count). The fourth-order valence-corrected chi connectivity index (χ4v) is 1.80. The second-order valence-corrected chi connectivity index (χ2v) is 5.76. The lowest BCUT2D eigenvalue weighted by Gasteiger charge is -2.19. The highest BCUT2D eigenvalue weighted by Gasteiger charge is 2.25. The maximum atomic E-state index is 11.8. The Morgan fingerprint density at radius 2 is 2.05 bits per heavy atom. The van der Waals surface area contributed by atoms with Crippen molar-refractivity contribution in [1.29, 1.82) is 0 Å². The molecule has 6 nitrogen and oxygen atoms in total. The van der Waals surface area contributed by atoms with Gasteiger partial charge in [-0.2, -0.15) is 4.98 Å². The Morgan fingerprint density at radius 3 is 2.63 bits per heavy atom. The molecule has 0 radical (unpaired) electrons. The van der Waals surface area contributed by atoms with Crippen molar-refractivity contribution in [2.45, 2.75) is 45.6 Å². The fraction of sp³-hybridized carbons (Fsp3) is 0.769. The van der Waals surface area contributed by atoms with E-state index in [1.54, 1.807) is 0 Å². The van der Waals surface area contributed by atoms with E-state index in [1.165, 1.54) is 0 Å². The number of carbonyl (C=O) groups is 1. The molecule has 1 fully saturated rings. The first-order chi connectivity index (χ1) is 8.97. The zero-order valence-electron chi connectivity index (χ0n) is 11.6. The third-order valence-electron chi connectivity index (χ3n) is 3.01. The van der Waals surface area contributed by atoms with E-state index in [2.05, 4.69) is 10.1 Å². The normalized spacial score (nSPS) is 17.4. The molecule has 0 aromatic carbocycles. The second kappa shape index (κ2) is 5.69. The molecule has 1 aliphatic heterocycles. The molecule has 0 amide bonds. The van der Waals surface area contributed by atoms with Gasteiger partial charge in [-0.05, 0) is 12.8 Å². The minimum absolute atomic E-state index is 0.0652. The van der Waals surface area contributed by atoms with Gasteiger partial charge >= 0.3 is 5.97 Å². The van der Waals surface area contributed by atoms with Crippen LogP contribution in [0.3, 0.4) is 0 Å². The second-order valence-electron chi connectivity index (χ2n) is 5.76. The van der Waals surface area contributed by atoms with Crippen LogP contribution in [0.25, 0.3) is 0 Å². The predicted molar refractivity (Wildman–Crippen MR) is 66.3 cm³/mol. The van der Waals surface area contributed by atoms with Gasteiger partial charge in [-0.15, -0.1) is 0 Å². The molecule has 106 valence electrons. The molecule has 0 N–H and O–H groups in total. The van der Waals surface area contributed by atoms with E-state index in [9.17, 15) is 4.79 Å². The van der Waals surface area contributed by atoms with E-state index in [0.717, 1.165) is 12.8 Å². The third kappa shape index (κ3) is 3.76. The van der Waals surface area contributed by atoms with Gasteiger partial charge in [0.05, 0.1) is 5.92 Å². The fourth-order valence-electron chi connectivity index (χ4n) is 1.80. The van der Waals surface area contributed by atoms with Crippen molar-refractivity contribution < 1.29 is 18.8 Å². The Bertz CT molecular complexity index is 430. The smallest absolute Gasteiger partial charge is 0.309 e. The number of esters is 1. The van der Waals surface area contributed by atoms with Crippen LogP contribution >= 0.6 is 0 Å². The average Bonchev–Trinajstić information content (AvgIpc) is 2.86. The van der Waals surface area contributed by atoms with Gasteiger partial charge in [-0.3, -0.25) is 4.79 Å². The Balaban J connectivity index is 1.85. The van der Waals surface area contributed by atoms with Crippen molar-refractivity contribution >= 4 is 5.97 Å². The summed E-state index contributed by atoms with van der Waals surface area (Å²) in [6.45, 7) is 7.26. The van der Waals surface area contributed by atoms with Gasteiger partial charge < -0.3 is 14.0 Å². The number of rotatable bonds is 3. The molecular weight excluding hydrogens is 248 g/mol. The van der Waals surface area contributed by atoms with Crippen molar-refractivity contribution in [3.8, 4) is 0 Å². The molecule has 6 heteroatoms. The largest absolute Gasteiger partial charge is 0.457 e. The summed E-state index contributed by atoms with van der Waals surface area (Å²) in [5.41, 5.74) is -0.198. The minimum Gasteiger partial charge on any atom is -0.457 e. The summed E-state index contributed by atoms with van der Waals surface area (Å²) in [6.07, 6.45) is 1.44. The van der Waals surface area contributed by atoms with Crippen LogP contribution in [0.4, 0.5) is 0 Å². The highest BCUT2D eigenvalue weighted by molar-refractivity contribution is 5.72. The zero-order chi connectivity index (χ0) is 13.9. The standard InChI is InChI=1S/C13H20N2O4/c1-13(2,3)12-14-10(15-19-12)8-18-11(16)9-4-6-17-7-5-9/h9H,4-8H2,1-3H3. The maximum absolute atomic E-state index is 11.8. The average molecular weight is 268 g/mol. The van der Waals surface area contributed by atoms with Crippen molar-refractivity contribution in [3.63, 3.8) is 0 Å². The van der Waals surface area contributed by atoms with Crippen molar-refractivity contribution in [2.24, 2.45) is 5.92 Å². The summed E-state index contributed by atoms with van der Waals surface area (Å²) in [5.74, 6) is 0.683. The number of carbonyl (C=O) groups excluding carboxylic acids is 1. The van der Waals surface area contributed by atoms with E-state index in [0.29, 0.717) is 24.9 Å². The van der Waals surface area contributed by atoms with Gasteiger partial charge in [0.2, 0.25) is 11.7 Å². The van der Waals surface area contributed by atoms with Crippen LogP contribution in [0.15, 0.2) is 4.52 Å². The number of ether oxygens (including phenoxy) is 2. The molecule has 0 saturated carbocycles. The summed E-state index contributed by atoms with van der Waals surface area (Å²) >= 11 is 0. The maximum Gasteiger partial charge on any atom is 0.309 e. The molecule has 0 aliphatic carbocycles. The molecule has 19 heavy (non-hydrogen) atoms. The zero-order valence-corrected chi connectivity index (χ0v) is 11.6. The molecular formula is C13H20N2O4.